The molecule has 284 valence electrons. The number of hydrogen-bond donors (Lipinski definition) is 1. The van der Waals surface area contributed by atoms with Crippen molar-refractivity contribution >= 4 is 0 Å². The first-order valence-corrected chi connectivity index (χ1v) is 20.4. The lowest BCUT2D eigenvalue weighted by molar-refractivity contribution is -0.577. The van der Waals surface area contributed by atoms with Gasteiger partial charge in [-0.1, -0.05) is 47.0 Å². The Hall–Kier alpha value is -0.440. The van der Waals surface area contributed by atoms with Crippen LogP contribution in [0.3, 0.4) is 0 Å². The van der Waals surface area contributed by atoms with Crippen LogP contribution in [0.25, 0.3) is 0 Å². The maximum Gasteiger partial charge on any atom is 0.201 e. The van der Waals surface area contributed by atoms with E-state index in [2.05, 4.69) is 33.0 Å². The number of fused-ring (bicyclic) bond motifs is 4. The molecule has 11 nitrogen and oxygen atoms in total. The smallest absolute Gasteiger partial charge is 0.201 e. The molecular weight excluding hydrogens is 642 g/mol. The first-order valence-electron chi connectivity index (χ1n) is 20.4. The number of hydrogen-bond acceptors (Lipinski definition) is 11. The minimum atomic E-state index is -0.803. The molecule has 0 amide bonds. The zero-order valence-corrected chi connectivity index (χ0v) is 31.3. The lowest BCUT2D eigenvalue weighted by atomic mass is 9.58. The molecule has 0 unspecified atom stereocenters. The monoisotopic (exact) mass is 705 g/mol. The number of rotatable bonds is 8. The molecule has 0 aromatic heterocycles. The van der Waals surface area contributed by atoms with Crippen LogP contribution in [0.15, 0.2) is 0 Å². The predicted octanol–water partition coefficient (Wildman–Crippen LogP) is 6.73. The van der Waals surface area contributed by atoms with Gasteiger partial charge in [0.05, 0.1) is 19.3 Å². The van der Waals surface area contributed by atoms with E-state index in [0.29, 0.717) is 42.9 Å². The van der Waals surface area contributed by atoms with Gasteiger partial charge in [0.25, 0.3) is 0 Å². The highest BCUT2D eigenvalue weighted by Crippen LogP contribution is 2.62. The molecule has 0 aromatic carbocycles. The normalized spacial score (nSPS) is 55.1. The number of nitrogens with one attached hydrogen (secondary N) is 1. The van der Waals surface area contributed by atoms with E-state index in [0.717, 1.165) is 38.5 Å². The lowest BCUT2D eigenvalue weighted by Gasteiger charge is -2.60. The topological polar surface area (TPSA) is 104 Å². The molecule has 8 heterocycles. The Morgan fingerprint density at radius 2 is 1.06 bits per heavy atom. The zero-order valence-electron chi connectivity index (χ0n) is 31.3. The Bertz CT molecular complexity index is 1160. The van der Waals surface area contributed by atoms with Crippen molar-refractivity contribution < 1.29 is 48.0 Å². The summed E-state index contributed by atoms with van der Waals surface area (Å²) in [7, 11) is 0. The summed E-state index contributed by atoms with van der Waals surface area (Å²) in [5, 5.41) is 3.95. The lowest BCUT2D eigenvalue weighted by Crippen LogP contribution is -2.70. The van der Waals surface area contributed by atoms with Crippen LogP contribution in [0.5, 0.6) is 0 Å². The van der Waals surface area contributed by atoms with Crippen molar-refractivity contribution in [2.45, 2.75) is 185 Å². The molecule has 2 spiro atoms. The van der Waals surface area contributed by atoms with E-state index in [4.69, 9.17) is 48.0 Å². The van der Waals surface area contributed by atoms with Crippen molar-refractivity contribution in [2.75, 3.05) is 13.2 Å². The van der Waals surface area contributed by atoms with Gasteiger partial charge in [-0.15, -0.1) is 0 Å². The molecule has 11 aliphatic rings. The molecule has 1 N–H and O–H groups in total. The van der Waals surface area contributed by atoms with E-state index in [9.17, 15) is 0 Å². The van der Waals surface area contributed by atoms with Crippen molar-refractivity contribution in [3.8, 4) is 0 Å². The summed E-state index contributed by atoms with van der Waals surface area (Å²) in [4.78, 5) is 24.8. The van der Waals surface area contributed by atoms with Gasteiger partial charge in [-0.3, -0.25) is 0 Å². The standard InChI is InChI=1S/C39H63NO10/c1-22-12-14-30-24(3)32(43-34-38(30)28(22)16-18-36(5,45-34)47-49-38)41-20-27(40-26-10-8-7-9-11-26)21-42-33-25(4)31-15-13-23(2)29-17-19-37(6)46-35(44-33)39(29,31)50-48-37/h22-35,40H,7-21H2,1-6H3/t22-,23-,24-,25-,28+,29+,30+,31+,32+,33+,34-,35-,36-,37-,38-,39-/m1/s1. The predicted molar refractivity (Wildman–Crippen MR) is 179 cm³/mol. The molecule has 4 bridgehead atoms. The number of ether oxygens (including phenoxy) is 6. The highest BCUT2D eigenvalue weighted by molar-refractivity contribution is 5.10. The summed E-state index contributed by atoms with van der Waals surface area (Å²) < 4.78 is 40.4. The van der Waals surface area contributed by atoms with Crippen LogP contribution in [0, 0.1) is 47.3 Å². The first kappa shape index (κ1) is 35.3. The Labute approximate surface area is 298 Å². The van der Waals surface area contributed by atoms with Gasteiger partial charge < -0.3 is 33.7 Å². The van der Waals surface area contributed by atoms with E-state index in [1.165, 1.54) is 44.9 Å². The summed E-state index contributed by atoms with van der Waals surface area (Å²) in [5.41, 5.74) is -1.19. The third-order valence-corrected chi connectivity index (χ3v) is 15.2. The fourth-order valence-electron chi connectivity index (χ4n) is 12.3. The van der Waals surface area contributed by atoms with Crippen LogP contribution in [0.4, 0.5) is 0 Å². The highest BCUT2D eigenvalue weighted by Gasteiger charge is 2.71. The molecule has 0 aromatic rings. The Balaban J connectivity index is 0.909. The molecule has 8 aliphatic heterocycles. The maximum atomic E-state index is 6.80. The molecule has 3 aliphatic carbocycles. The zero-order chi connectivity index (χ0) is 34.5. The van der Waals surface area contributed by atoms with Gasteiger partial charge in [-0.05, 0) is 88.9 Å². The highest BCUT2D eigenvalue weighted by atomic mass is 17.3. The molecule has 0 radical (unpaired) electrons. The molecule has 16 atom stereocenters. The van der Waals surface area contributed by atoms with Gasteiger partial charge in [-0.25, -0.2) is 19.6 Å². The maximum absolute atomic E-state index is 6.80. The average Bonchev–Trinajstić information content (AvgIpc) is 3.48. The van der Waals surface area contributed by atoms with Crippen molar-refractivity contribution in [3.63, 3.8) is 0 Å². The van der Waals surface area contributed by atoms with Gasteiger partial charge in [0, 0.05) is 42.6 Å². The van der Waals surface area contributed by atoms with Gasteiger partial charge >= 0.3 is 0 Å². The van der Waals surface area contributed by atoms with Crippen LogP contribution in [-0.2, 0) is 48.0 Å². The largest absolute Gasteiger partial charge is 0.351 e. The van der Waals surface area contributed by atoms with E-state index in [1.54, 1.807) is 0 Å². The average molecular weight is 706 g/mol. The van der Waals surface area contributed by atoms with Gasteiger partial charge in [-0.2, -0.15) is 0 Å². The van der Waals surface area contributed by atoms with Crippen LogP contribution in [-0.4, -0.2) is 73.2 Å². The third kappa shape index (κ3) is 5.61. The summed E-state index contributed by atoms with van der Waals surface area (Å²) in [6.45, 7) is 14.1. The van der Waals surface area contributed by atoms with Crippen LogP contribution < -0.4 is 5.32 Å². The molecule has 11 rings (SSSR count). The van der Waals surface area contributed by atoms with Crippen LogP contribution >= 0.6 is 0 Å². The Morgan fingerprint density at radius 1 is 0.580 bits per heavy atom. The van der Waals surface area contributed by atoms with E-state index >= 15 is 0 Å². The molecule has 50 heavy (non-hydrogen) atoms. The Kier molecular flexibility index (Phi) is 9.24. The Morgan fingerprint density at radius 3 is 1.54 bits per heavy atom. The molecule has 8 saturated heterocycles. The summed E-state index contributed by atoms with van der Waals surface area (Å²) >= 11 is 0. The van der Waals surface area contributed by atoms with E-state index < -0.39 is 47.9 Å². The summed E-state index contributed by atoms with van der Waals surface area (Å²) in [6.07, 6.45) is 12.4. The quantitative estimate of drug-likeness (QED) is 0.272. The first-order chi connectivity index (χ1) is 24.0. The summed E-state index contributed by atoms with van der Waals surface area (Å²) in [6, 6.07) is 0.419. The fraction of sp³-hybridized carbons (Fsp3) is 1.00. The molecular formula is C39H63NO10. The van der Waals surface area contributed by atoms with Gasteiger partial charge in [0.15, 0.2) is 36.4 Å². The minimum absolute atomic E-state index is 0.0260. The van der Waals surface area contributed by atoms with E-state index in [1.807, 2.05) is 13.8 Å². The van der Waals surface area contributed by atoms with E-state index in [-0.39, 0.29) is 29.7 Å². The summed E-state index contributed by atoms with van der Waals surface area (Å²) in [5.74, 6) is 0.812. The molecule has 11 fully saturated rings. The van der Waals surface area contributed by atoms with Gasteiger partial charge in [0.2, 0.25) is 11.6 Å². The molecule has 11 heteroatoms. The second-order valence-electron chi connectivity index (χ2n) is 18.4. The second-order valence-corrected chi connectivity index (χ2v) is 18.4. The van der Waals surface area contributed by atoms with Crippen molar-refractivity contribution in [2.24, 2.45) is 47.3 Å². The SMILES string of the molecule is C[C@H]1[C@@H](OCC(CO[C@H]2O[C@@H]3O[C@@]4(C)CC[C@H]5[C@H](C)CC[C@@H]([C@H]2C)[C@@]35OO4)NC2CCCCC2)O[C@@H]2O[C@@]3(C)CC[C@H]4[C@H](C)CC[C@@H]1[C@@]24OO3. The second kappa shape index (κ2) is 13.1. The van der Waals surface area contributed by atoms with Crippen LogP contribution in [0.2, 0.25) is 0 Å². The minimum Gasteiger partial charge on any atom is -0.351 e. The fourth-order valence-corrected chi connectivity index (χ4v) is 12.3. The third-order valence-electron chi connectivity index (χ3n) is 15.2. The molecule has 3 saturated carbocycles. The van der Waals surface area contributed by atoms with Gasteiger partial charge in [0.1, 0.15) is 0 Å². The van der Waals surface area contributed by atoms with Crippen LogP contribution in [0.1, 0.15) is 125 Å². The van der Waals surface area contributed by atoms with Crippen molar-refractivity contribution in [1.29, 1.82) is 0 Å². The van der Waals surface area contributed by atoms with Crippen molar-refractivity contribution in [3.05, 3.63) is 0 Å². The van der Waals surface area contributed by atoms with Crippen molar-refractivity contribution in [1.82, 2.24) is 5.32 Å².